The van der Waals surface area contributed by atoms with Crippen molar-refractivity contribution in [1.29, 1.82) is 0 Å². The van der Waals surface area contributed by atoms with E-state index in [1.54, 1.807) is 64.5 Å². The zero-order valence-electron chi connectivity index (χ0n) is 73.4. The van der Waals surface area contributed by atoms with Gasteiger partial charge in [0.1, 0.15) is 63.6 Å². The van der Waals surface area contributed by atoms with Crippen LogP contribution in [0.3, 0.4) is 0 Å². The highest BCUT2D eigenvalue weighted by Crippen LogP contribution is 2.42. The van der Waals surface area contributed by atoms with E-state index in [0.29, 0.717) is 78.8 Å². The van der Waals surface area contributed by atoms with Crippen LogP contribution in [-0.2, 0) is 14.4 Å². The maximum atomic E-state index is 16.0. The SMILES string of the molecule is C=CC(=O)N1CC(C)N(c2nc(=O)n(-c3c(C)ccnc3C(C)C)c3nc(-c4cc(C)ccc4F)c(F)cc23)CC1C.C=CC(=O)N1CC(C)N(c2nc(=O)n(-c3c(C)ccnc3C(C)C)c3nc(-c4cc(Cl)ccc4F)c(F)cc23)CC1C.C=CC(=O)N1CC(C)N(c2nc(=O)n(-c3c(C)ccnc3C(C)C)c3nc(-c4ccccc4C(F)F)c(F)cc23)CC1C. The van der Waals surface area contributed by atoms with Crippen LogP contribution in [0.15, 0.2) is 168 Å². The van der Waals surface area contributed by atoms with E-state index in [4.69, 9.17) is 11.6 Å². The first-order chi connectivity index (χ1) is 60.3. The summed E-state index contributed by atoms with van der Waals surface area (Å²) < 4.78 is 110. The lowest BCUT2D eigenvalue weighted by Gasteiger charge is -2.44. The molecule has 0 N–H and O–H groups in total. The average Bonchev–Trinajstić information content (AvgIpc) is 0.740. The lowest BCUT2D eigenvalue weighted by atomic mass is 10.0. The van der Waals surface area contributed by atoms with Gasteiger partial charge in [-0.25, -0.2) is 73.8 Å². The first-order valence-electron chi connectivity index (χ1n) is 41.7. The molecule has 24 nitrogen and oxygen atoms in total. The number of benzene rings is 3. The maximum absolute atomic E-state index is 16.0. The van der Waals surface area contributed by atoms with Crippen molar-refractivity contribution in [3.05, 3.63) is 264 Å². The van der Waals surface area contributed by atoms with Gasteiger partial charge >= 0.3 is 17.1 Å². The standard InChI is InChI=1S/C32H33F3N6O2.C32H34F2N6O2.C31H31ClF2N6O2/c1-7-25(42)39-15-20(6)40(16-19(39)5)30-23-14-24(33)27(21-10-8-9-11-22(21)29(34)35)37-31(23)41(32(43)38-30)28-18(4)12-13-36-26(28)17(2)3;1-8-26(41)38-15-21(7)39(16-20(38)6)30-23-14-25(34)28(22-13-18(4)9-10-24(22)33)36-31(23)40(32(42)37-30)29-19(5)11-12-35-27(29)17(2)3;1-7-25(41)38-14-19(6)39(15-18(38)5)29-22-13-24(34)27(21-12-20(32)8-9-23(21)33)36-30(22)40(31(42)37-29)28-17(4)10-11-35-26(28)16(2)3/h7-14,17,19-20,29H,1,15-16H2,2-6H3;8-14,17,20-21H,1,15-16H2,2-7H3;7-13,16,18-19H,1,14-15H2,2-6H3. The predicted octanol–water partition coefficient (Wildman–Crippen LogP) is 17.3. The first-order valence-corrected chi connectivity index (χ1v) is 42.1. The molecule has 0 bridgehead atoms. The zero-order chi connectivity index (χ0) is 92.1. The number of alkyl halides is 2. The van der Waals surface area contributed by atoms with Gasteiger partial charge in [-0.05, 0) is 189 Å². The highest BCUT2D eigenvalue weighted by atomic mass is 35.5. The normalized spacial score (nSPS) is 17.3. The molecule has 3 fully saturated rings. The number of halogens is 8. The molecule has 127 heavy (non-hydrogen) atoms. The van der Waals surface area contributed by atoms with Crippen LogP contribution in [0.1, 0.15) is 152 Å². The van der Waals surface area contributed by atoms with E-state index in [9.17, 15) is 41.9 Å². The number of hydrogen-bond acceptors (Lipinski definition) is 18. The molecular formula is C95H98ClF7N18O6. The number of carbonyl (C=O) groups is 3. The van der Waals surface area contributed by atoms with E-state index in [1.807, 2.05) is 119 Å². The van der Waals surface area contributed by atoms with Crippen LogP contribution in [0.4, 0.5) is 48.2 Å². The Morgan fingerprint density at radius 3 is 1.04 bits per heavy atom. The number of nitrogens with zero attached hydrogens (tertiary/aromatic N) is 18. The van der Waals surface area contributed by atoms with Crippen molar-refractivity contribution in [2.75, 3.05) is 54.0 Å². The van der Waals surface area contributed by atoms with Crippen LogP contribution in [0.2, 0.25) is 5.02 Å². The second-order valence-electron chi connectivity index (χ2n) is 33.4. The van der Waals surface area contributed by atoms with Crippen molar-refractivity contribution in [1.82, 2.24) is 73.3 Å². The molecule has 9 aromatic heterocycles. The Bertz CT molecular complexity index is 6340. The summed E-state index contributed by atoms with van der Waals surface area (Å²) in [6.07, 6.45) is 5.93. The fourth-order valence-corrected chi connectivity index (χ4v) is 17.1. The van der Waals surface area contributed by atoms with Crippen molar-refractivity contribution < 1.29 is 45.1 Å². The molecule has 12 aromatic rings. The quantitative estimate of drug-likeness (QED) is 0.0643. The van der Waals surface area contributed by atoms with Crippen LogP contribution in [-0.4, -0.2) is 166 Å². The second kappa shape index (κ2) is 37.2. The summed E-state index contributed by atoms with van der Waals surface area (Å²) in [5.74, 6) is -3.82. The van der Waals surface area contributed by atoms with E-state index in [-0.39, 0.29) is 161 Å². The fourth-order valence-electron chi connectivity index (χ4n) is 16.9. The number of amides is 3. The topological polar surface area (TPSA) is 253 Å². The van der Waals surface area contributed by atoms with Gasteiger partial charge in [-0.1, -0.05) is 109 Å². The summed E-state index contributed by atoms with van der Waals surface area (Å²) >= 11 is 6.14. The molecular weight excluding hydrogens is 1660 g/mol. The Hall–Kier alpha value is -13.2. The molecule has 0 saturated carbocycles. The summed E-state index contributed by atoms with van der Waals surface area (Å²) in [6.45, 7) is 43.2. The predicted molar refractivity (Wildman–Crippen MR) is 481 cm³/mol. The molecule has 32 heteroatoms. The fraction of sp³-hybridized carbons (Fsp3) is 0.337. The van der Waals surface area contributed by atoms with Gasteiger partial charge in [0.15, 0.2) is 16.9 Å². The van der Waals surface area contributed by atoms with Gasteiger partial charge in [-0.15, -0.1) is 0 Å². The molecule has 0 spiro atoms. The molecule has 3 aliphatic rings. The number of carbonyl (C=O) groups excluding carboxylic acids is 3. The monoisotopic (exact) mass is 1750 g/mol. The Morgan fingerprint density at radius 1 is 0.402 bits per heavy atom. The maximum Gasteiger partial charge on any atom is 0.355 e. The summed E-state index contributed by atoms with van der Waals surface area (Å²) in [7, 11) is 0. The van der Waals surface area contributed by atoms with Crippen molar-refractivity contribution in [3.63, 3.8) is 0 Å². The number of aromatic nitrogens is 12. The molecule has 12 heterocycles. The third kappa shape index (κ3) is 17.7. The number of piperazine rings is 3. The van der Waals surface area contributed by atoms with Gasteiger partial charge in [-0.3, -0.25) is 29.3 Å². The van der Waals surface area contributed by atoms with Gasteiger partial charge < -0.3 is 29.4 Å². The molecule has 3 aliphatic heterocycles. The third-order valence-corrected chi connectivity index (χ3v) is 23.6. The number of fused-ring (bicyclic) bond motifs is 3. The van der Waals surface area contributed by atoms with Gasteiger partial charge in [0.25, 0.3) is 6.43 Å². The molecule has 3 amide bonds. The first kappa shape index (κ1) is 91.5. The highest BCUT2D eigenvalue weighted by Gasteiger charge is 2.39. The summed E-state index contributed by atoms with van der Waals surface area (Å²) in [5, 5.41) is 1.000. The van der Waals surface area contributed by atoms with Gasteiger partial charge in [0.2, 0.25) is 17.7 Å². The second-order valence-corrected chi connectivity index (χ2v) is 33.8. The number of hydrogen-bond donors (Lipinski definition) is 0. The van der Waals surface area contributed by atoms with Crippen molar-refractivity contribution in [2.24, 2.45) is 0 Å². The minimum atomic E-state index is -2.87. The van der Waals surface area contributed by atoms with E-state index in [1.165, 1.54) is 98.7 Å². The van der Waals surface area contributed by atoms with Crippen LogP contribution < -0.4 is 31.8 Å². The number of rotatable bonds is 16. The molecule has 0 radical (unpaired) electrons. The zero-order valence-corrected chi connectivity index (χ0v) is 74.1. The molecule has 6 atom stereocenters. The minimum absolute atomic E-state index is 0.00250. The lowest BCUT2D eigenvalue weighted by Crippen LogP contribution is -2.58. The lowest BCUT2D eigenvalue weighted by molar-refractivity contribution is -0.129. The van der Waals surface area contributed by atoms with E-state index < -0.39 is 52.6 Å². The molecule has 15 rings (SSSR count). The number of pyridine rings is 6. The number of aryl methyl sites for hydroxylation is 4. The molecule has 0 aliphatic carbocycles. The largest absolute Gasteiger partial charge is 0.355 e. The Labute approximate surface area is 734 Å². The van der Waals surface area contributed by atoms with Crippen LogP contribution in [0.25, 0.3) is 83.9 Å². The van der Waals surface area contributed by atoms with Crippen molar-refractivity contribution in [2.45, 2.75) is 171 Å². The van der Waals surface area contributed by atoms with E-state index in [2.05, 4.69) is 64.6 Å². The summed E-state index contributed by atoms with van der Waals surface area (Å²) in [6, 6.07) is 21.3. The smallest absolute Gasteiger partial charge is 0.349 e. The molecule has 3 saturated heterocycles. The molecule has 6 unspecified atom stereocenters. The average molecular weight is 1760 g/mol. The van der Waals surface area contributed by atoms with Crippen LogP contribution in [0, 0.1) is 56.8 Å². The van der Waals surface area contributed by atoms with Crippen LogP contribution in [0.5, 0.6) is 0 Å². The van der Waals surface area contributed by atoms with Crippen LogP contribution >= 0.6 is 11.6 Å². The Morgan fingerprint density at radius 2 is 0.717 bits per heavy atom. The Kier molecular flexibility index (Phi) is 26.8. The van der Waals surface area contributed by atoms with Gasteiger partial charge in [0, 0.05) is 121 Å². The van der Waals surface area contributed by atoms with Gasteiger partial charge in [-0.2, -0.15) is 15.0 Å². The minimum Gasteiger partial charge on any atom is -0.349 e. The Balaban J connectivity index is 0.000000163. The summed E-state index contributed by atoms with van der Waals surface area (Å²) in [5.41, 5.74) is 3.32. The number of anilines is 3. The molecule has 3 aromatic carbocycles. The van der Waals surface area contributed by atoms with Crippen molar-refractivity contribution >= 4 is 79.9 Å². The highest BCUT2D eigenvalue weighted by molar-refractivity contribution is 6.30. The molecule has 660 valence electrons. The van der Waals surface area contributed by atoms with Gasteiger partial charge in [0.05, 0.1) is 50.3 Å². The summed E-state index contributed by atoms with van der Waals surface area (Å²) in [4.78, 5) is 131. The van der Waals surface area contributed by atoms with Crippen molar-refractivity contribution in [3.8, 4) is 50.8 Å². The van der Waals surface area contributed by atoms with E-state index >= 15 is 17.6 Å². The third-order valence-electron chi connectivity index (χ3n) is 23.3. The van der Waals surface area contributed by atoms with E-state index in [0.717, 1.165) is 28.3 Å².